The lowest BCUT2D eigenvalue weighted by Crippen LogP contribution is -1.96. The Balaban J connectivity index is -0.000000125. The van der Waals surface area contributed by atoms with Crippen molar-refractivity contribution in [2.24, 2.45) is 5.73 Å². The lowest BCUT2D eigenvalue weighted by molar-refractivity contribution is -0.134. The Morgan fingerprint density at radius 1 is 1.69 bits per heavy atom. The lowest BCUT2D eigenvalue weighted by Gasteiger charge is -1.91. The Hall–Kier alpha value is -1.14. The quantitative estimate of drug-likeness (QED) is 0.278. The van der Waals surface area contributed by atoms with E-state index in [0.717, 1.165) is 13.3 Å². The summed E-state index contributed by atoms with van der Waals surface area (Å²) in [5.41, 5.74) is 4.39. The van der Waals surface area contributed by atoms with Gasteiger partial charge in [0.1, 0.15) is 0 Å². The average Bonchev–Trinajstić information content (AvgIpc) is 2.01. The van der Waals surface area contributed by atoms with Gasteiger partial charge in [-0.25, -0.2) is 0 Å². The molecule has 0 aliphatic heterocycles. The van der Waals surface area contributed by atoms with Crippen molar-refractivity contribution in [3.63, 3.8) is 0 Å². The Labute approximate surface area is 77.8 Å². The van der Waals surface area contributed by atoms with E-state index in [-0.39, 0.29) is 6.61 Å². The van der Waals surface area contributed by atoms with Gasteiger partial charge in [0.05, 0.1) is 19.6 Å². The highest BCUT2D eigenvalue weighted by Gasteiger charge is 1.73. The van der Waals surface area contributed by atoms with Crippen LogP contribution in [0.3, 0.4) is 0 Å². The summed E-state index contributed by atoms with van der Waals surface area (Å²) in [7, 11) is 0. The number of ether oxygens (including phenoxy) is 1. The first kappa shape index (κ1) is 17.8. The second kappa shape index (κ2) is 22.4. The number of aliphatic hydroxyl groups excluding tert-OH is 1. The number of carboxylic acids is 1. The van der Waals surface area contributed by atoms with Gasteiger partial charge in [-0.2, -0.15) is 0 Å². The zero-order valence-electron chi connectivity index (χ0n) is 7.99. The van der Waals surface area contributed by atoms with Crippen LogP contribution in [-0.4, -0.2) is 42.3 Å². The highest BCUT2D eigenvalue weighted by atomic mass is 16.5. The van der Waals surface area contributed by atoms with Gasteiger partial charge in [0.2, 0.25) is 0 Å². The number of rotatable bonds is 3. The van der Waals surface area contributed by atoms with E-state index in [1.165, 1.54) is 0 Å². The fourth-order valence-electron chi connectivity index (χ4n) is 0.209. The molecule has 0 aromatic rings. The van der Waals surface area contributed by atoms with E-state index in [2.05, 4.69) is 5.73 Å². The van der Waals surface area contributed by atoms with E-state index in [9.17, 15) is 0 Å². The molecule has 0 heterocycles. The molecule has 0 unspecified atom stereocenters. The summed E-state index contributed by atoms with van der Waals surface area (Å²) in [6.45, 7) is 4.28. The van der Waals surface area contributed by atoms with Gasteiger partial charge in [0.15, 0.2) is 0 Å². The van der Waals surface area contributed by atoms with Crippen LogP contribution in [0.1, 0.15) is 13.8 Å². The van der Waals surface area contributed by atoms with Crippen molar-refractivity contribution < 1.29 is 19.7 Å². The number of aliphatic hydroxyl groups is 1. The second-order valence-electron chi connectivity index (χ2n) is 1.61. The number of carbonyl (C=O) groups is 1. The van der Waals surface area contributed by atoms with E-state index in [1.54, 1.807) is 0 Å². The van der Waals surface area contributed by atoms with Gasteiger partial charge in [0, 0.05) is 13.5 Å². The van der Waals surface area contributed by atoms with Crippen molar-refractivity contribution in [3.05, 3.63) is 0 Å². The summed E-state index contributed by atoms with van der Waals surface area (Å²) in [5.74, 6) is -0.833. The molecule has 0 spiro atoms. The van der Waals surface area contributed by atoms with Crippen LogP contribution in [0.5, 0.6) is 0 Å². The van der Waals surface area contributed by atoms with Crippen LogP contribution < -0.4 is 5.73 Å². The molecule has 13 heavy (non-hydrogen) atoms. The third-order valence-electron chi connectivity index (χ3n) is 0.440. The highest BCUT2D eigenvalue weighted by Crippen LogP contribution is 1.66. The molecule has 80 valence electrons. The van der Waals surface area contributed by atoms with Crippen LogP contribution in [0.4, 0.5) is 0 Å². The summed E-state index contributed by atoms with van der Waals surface area (Å²) < 4.78 is 4.73. The first-order valence-electron chi connectivity index (χ1n) is 3.65. The van der Waals surface area contributed by atoms with Crippen molar-refractivity contribution >= 4 is 12.3 Å². The topological polar surface area (TPSA) is 117 Å². The van der Waals surface area contributed by atoms with E-state index in [1.807, 2.05) is 6.92 Å². The van der Waals surface area contributed by atoms with Crippen LogP contribution in [0.25, 0.3) is 0 Å². The Bertz CT molecular complexity index is 101. The predicted octanol–water partition coefficient (Wildman–Crippen LogP) is -0.342. The molecule has 0 saturated heterocycles. The van der Waals surface area contributed by atoms with Crippen LogP contribution in [-0.2, 0) is 9.53 Å². The molecule has 0 rings (SSSR count). The minimum Gasteiger partial charge on any atom is -0.481 e. The predicted molar refractivity (Wildman–Crippen MR) is 49.9 cm³/mol. The van der Waals surface area contributed by atoms with Crippen molar-refractivity contribution in [2.75, 3.05) is 19.8 Å². The fraction of sp³-hybridized carbons (Fsp3) is 0.714. The van der Waals surface area contributed by atoms with Crippen LogP contribution in [0.2, 0.25) is 0 Å². The van der Waals surface area contributed by atoms with Gasteiger partial charge >= 0.3 is 0 Å². The third-order valence-corrected chi connectivity index (χ3v) is 0.440. The number of nitrogens with two attached hydrogens (primary N) is 1. The Morgan fingerprint density at radius 2 is 2.00 bits per heavy atom. The molecule has 0 bridgehead atoms. The van der Waals surface area contributed by atoms with Crippen LogP contribution >= 0.6 is 0 Å². The number of aliphatic carboxylic acids is 1. The average molecular weight is 194 g/mol. The second-order valence-corrected chi connectivity index (χ2v) is 1.61. The molecular formula is C7H18N2O4. The summed E-state index contributed by atoms with van der Waals surface area (Å²) in [6, 6.07) is 0. The minimum absolute atomic E-state index is 0.133. The molecule has 5 N–H and O–H groups in total. The van der Waals surface area contributed by atoms with E-state index >= 15 is 0 Å². The van der Waals surface area contributed by atoms with Crippen molar-refractivity contribution in [2.45, 2.75) is 13.8 Å². The summed E-state index contributed by atoms with van der Waals surface area (Å²) >= 11 is 0. The van der Waals surface area contributed by atoms with Gasteiger partial charge in [-0.15, -0.1) is 0 Å². The molecule has 0 aromatic carbocycles. The molecule has 0 aliphatic carbocycles. The number of nitrogens with one attached hydrogen (secondary N) is 1. The number of carboxylic acid groups (broad SMARTS) is 1. The maximum atomic E-state index is 9.00. The third kappa shape index (κ3) is 246. The Morgan fingerprint density at radius 3 is 2.08 bits per heavy atom. The molecule has 0 saturated carbocycles. The Kier molecular flexibility index (Phi) is 30.8. The van der Waals surface area contributed by atoms with E-state index < -0.39 is 5.97 Å². The molecule has 0 aliphatic rings. The summed E-state index contributed by atoms with van der Waals surface area (Å²) in [6.07, 6.45) is 0.750. The largest absolute Gasteiger partial charge is 0.481 e. The lowest BCUT2D eigenvalue weighted by atomic mass is 10.8. The smallest absolute Gasteiger partial charge is 0.300 e. The molecule has 0 atom stereocenters. The molecule has 0 fully saturated rings. The molecule has 6 heteroatoms. The monoisotopic (exact) mass is 194 g/mol. The van der Waals surface area contributed by atoms with Gasteiger partial charge in [-0.05, 0) is 6.92 Å². The molecule has 0 radical (unpaired) electrons. The van der Waals surface area contributed by atoms with Crippen molar-refractivity contribution in [1.82, 2.24) is 0 Å². The van der Waals surface area contributed by atoms with Gasteiger partial charge in [0.25, 0.3) is 5.97 Å². The van der Waals surface area contributed by atoms with Gasteiger partial charge in [-0.1, -0.05) is 0 Å². The highest BCUT2D eigenvalue weighted by molar-refractivity contribution is 5.62. The normalized spacial score (nSPS) is 7.00. The molecule has 0 amide bonds. The van der Waals surface area contributed by atoms with Gasteiger partial charge < -0.3 is 20.7 Å². The van der Waals surface area contributed by atoms with Crippen LogP contribution in [0, 0.1) is 5.41 Å². The summed E-state index contributed by atoms with van der Waals surface area (Å²) in [4.78, 5) is 9.00. The first-order valence-corrected chi connectivity index (χ1v) is 3.65. The standard InChI is InChI=1S/C4H10O2.C2H4O2.CH4N2/c1-2-6-4-3-5;1-2(3)4;2-1-3/h5H,2-4H2,1H3;1H3,(H,3,4);1H,(H3,2,3). The van der Waals surface area contributed by atoms with Gasteiger partial charge in [-0.3, -0.25) is 10.2 Å². The fourth-order valence-corrected chi connectivity index (χ4v) is 0.209. The molecule has 0 aromatic heterocycles. The maximum absolute atomic E-state index is 9.00. The first-order chi connectivity index (χ1) is 6.06. The van der Waals surface area contributed by atoms with E-state index in [4.69, 9.17) is 25.2 Å². The maximum Gasteiger partial charge on any atom is 0.300 e. The zero-order chi connectivity index (χ0) is 11.1. The zero-order valence-corrected chi connectivity index (χ0v) is 7.99. The summed E-state index contributed by atoms with van der Waals surface area (Å²) in [5, 5.41) is 21.4. The van der Waals surface area contributed by atoms with E-state index in [0.29, 0.717) is 13.2 Å². The molecule has 6 nitrogen and oxygen atoms in total. The van der Waals surface area contributed by atoms with Crippen LogP contribution in [0.15, 0.2) is 0 Å². The minimum atomic E-state index is -0.833. The van der Waals surface area contributed by atoms with Crippen molar-refractivity contribution in [1.29, 1.82) is 5.41 Å². The number of hydrogen-bond acceptors (Lipinski definition) is 4. The van der Waals surface area contributed by atoms with Crippen molar-refractivity contribution in [3.8, 4) is 0 Å². The molecular weight excluding hydrogens is 176 g/mol. The number of hydrogen-bond donors (Lipinski definition) is 4. The SMILES string of the molecule is CC(=O)O.CCOCCO.N=CN.